The molecule has 102 valence electrons. The van der Waals surface area contributed by atoms with Crippen LogP contribution in [0.1, 0.15) is 32.3 Å². The van der Waals surface area contributed by atoms with Gasteiger partial charge < -0.3 is 10.2 Å². The van der Waals surface area contributed by atoms with Crippen molar-refractivity contribution >= 4 is 5.69 Å². The van der Waals surface area contributed by atoms with Gasteiger partial charge in [-0.25, -0.2) is 8.78 Å². The first kappa shape index (κ1) is 14.9. The van der Waals surface area contributed by atoms with Crippen molar-refractivity contribution in [3.8, 4) is 0 Å². The molecule has 0 saturated carbocycles. The smallest absolute Gasteiger partial charge is 0.149 e. The lowest BCUT2D eigenvalue weighted by atomic mass is 10.1. The standard InChI is InChI=1S/C14H22F2N2/c1-4-6-18(7-5-2)14-12(15)8-11(10-17-3)9-13(14)16/h8-9,17H,4-7,10H2,1-3H3. The highest BCUT2D eigenvalue weighted by molar-refractivity contribution is 5.50. The maximum absolute atomic E-state index is 14.0. The molecule has 0 aliphatic rings. The van der Waals surface area contributed by atoms with E-state index in [9.17, 15) is 8.78 Å². The first-order chi connectivity index (χ1) is 8.63. The van der Waals surface area contributed by atoms with Gasteiger partial charge in [-0.3, -0.25) is 0 Å². The second kappa shape index (κ2) is 7.31. The van der Waals surface area contributed by atoms with E-state index in [1.165, 1.54) is 12.1 Å². The van der Waals surface area contributed by atoms with E-state index in [-0.39, 0.29) is 5.69 Å². The summed E-state index contributed by atoms with van der Waals surface area (Å²) in [5.74, 6) is -0.940. The van der Waals surface area contributed by atoms with E-state index in [0.717, 1.165) is 12.8 Å². The SMILES string of the molecule is CCCN(CCC)c1c(F)cc(CNC)cc1F. The molecule has 0 amide bonds. The fourth-order valence-electron chi connectivity index (χ4n) is 2.10. The minimum atomic E-state index is -0.470. The Labute approximate surface area is 108 Å². The van der Waals surface area contributed by atoms with E-state index >= 15 is 0 Å². The lowest BCUT2D eigenvalue weighted by molar-refractivity contribution is 0.563. The number of nitrogens with zero attached hydrogens (tertiary/aromatic N) is 1. The van der Waals surface area contributed by atoms with Crippen LogP contribution in [0, 0.1) is 11.6 Å². The molecular weight excluding hydrogens is 234 g/mol. The summed E-state index contributed by atoms with van der Waals surface area (Å²) in [6.07, 6.45) is 1.74. The van der Waals surface area contributed by atoms with Gasteiger partial charge >= 0.3 is 0 Å². The highest BCUT2D eigenvalue weighted by atomic mass is 19.1. The summed E-state index contributed by atoms with van der Waals surface area (Å²) in [7, 11) is 1.75. The van der Waals surface area contributed by atoms with Gasteiger partial charge in [0.05, 0.1) is 0 Å². The van der Waals surface area contributed by atoms with Gasteiger partial charge in [0.1, 0.15) is 17.3 Å². The lowest BCUT2D eigenvalue weighted by Gasteiger charge is -2.25. The number of hydrogen-bond acceptors (Lipinski definition) is 2. The van der Waals surface area contributed by atoms with Crippen molar-refractivity contribution in [1.82, 2.24) is 5.32 Å². The maximum atomic E-state index is 14.0. The number of benzene rings is 1. The minimum Gasteiger partial charge on any atom is -0.367 e. The van der Waals surface area contributed by atoms with Gasteiger partial charge in [-0.2, -0.15) is 0 Å². The molecule has 0 fully saturated rings. The third-order valence-electron chi connectivity index (χ3n) is 2.76. The van der Waals surface area contributed by atoms with Crippen LogP contribution < -0.4 is 10.2 Å². The highest BCUT2D eigenvalue weighted by Crippen LogP contribution is 2.25. The molecule has 0 aliphatic heterocycles. The fraction of sp³-hybridized carbons (Fsp3) is 0.571. The zero-order valence-corrected chi connectivity index (χ0v) is 11.4. The summed E-state index contributed by atoms with van der Waals surface area (Å²) in [4.78, 5) is 1.79. The van der Waals surface area contributed by atoms with Crippen molar-refractivity contribution < 1.29 is 8.78 Å². The van der Waals surface area contributed by atoms with Crippen LogP contribution in [0.15, 0.2) is 12.1 Å². The Balaban J connectivity index is 3.05. The Morgan fingerprint density at radius 1 is 1.06 bits per heavy atom. The zero-order chi connectivity index (χ0) is 13.5. The molecule has 0 atom stereocenters. The van der Waals surface area contributed by atoms with Crippen LogP contribution in [0.25, 0.3) is 0 Å². The lowest BCUT2D eigenvalue weighted by Crippen LogP contribution is -2.27. The average Bonchev–Trinajstić information content (AvgIpc) is 2.29. The monoisotopic (exact) mass is 256 g/mol. The summed E-state index contributed by atoms with van der Waals surface area (Å²) < 4.78 is 28.0. The second-order valence-electron chi connectivity index (χ2n) is 4.43. The molecule has 1 rings (SSSR count). The van der Waals surface area contributed by atoms with Gasteiger partial charge in [0.2, 0.25) is 0 Å². The summed E-state index contributed by atoms with van der Waals surface area (Å²) in [6.45, 7) is 5.83. The van der Waals surface area contributed by atoms with Gasteiger partial charge in [0.15, 0.2) is 0 Å². The molecule has 1 aromatic rings. The van der Waals surface area contributed by atoms with E-state index in [2.05, 4.69) is 5.32 Å². The average molecular weight is 256 g/mol. The molecule has 0 bridgehead atoms. The van der Waals surface area contributed by atoms with Crippen LogP contribution in [0.2, 0.25) is 0 Å². The maximum Gasteiger partial charge on any atom is 0.149 e. The Kier molecular flexibility index (Phi) is 6.05. The van der Waals surface area contributed by atoms with Gasteiger partial charge in [0, 0.05) is 19.6 Å². The van der Waals surface area contributed by atoms with Crippen LogP contribution in [0.3, 0.4) is 0 Å². The zero-order valence-electron chi connectivity index (χ0n) is 11.4. The van der Waals surface area contributed by atoms with Crippen molar-refractivity contribution in [3.05, 3.63) is 29.3 Å². The number of nitrogens with one attached hydrogen (secondary N) is 1. The topological polar surface area (TPSA) is 15.3 Å². The summed E-state index contributed by atoms with van der Waals surface area (Å²) in [5, 5.41) is 2.89. The molecule has 0 aliphatic carbocycles. The first-order valence-corrected chi connectivity index (χ1v) is 6.51. The molecule has 4 heteroatoms. The van der Waals surface area contributed by atoms with Gasteiger partial charge in [-0.05, 0) is 37.6 Å². The molecular formula is C14H22F2N2. The van der Waals surface area contributed by atoms with E-state index in [1.807, 2.05) is 13.8 Å². The van der Waals surface area contributed by atoms with E-state index in [4.69, 9.17) is 0 Å². The Bertz CT molecular complexity index is 351. The van der Waals surface area contributed by atoms with Crippen molar-refractivity contribution in [2.75, 3.05) is 25.0 Å². The molecule has 0 radical (unpaired) electrons. The Morgan fingerprint density at radius 2 is 1.56 bits per heavy atom. The first-order valence-electron chi connectivity index (χ1n) is 6.51. The molecule has 18 heavy (non-hydrogen) atoms. The Morgan fingerprint density at radius 3 is 1.94 bits per heavy atom. The normalized spacial score (nSPS) is 10.7. The molecule has 1 N–H and O–H groups in total. The number of hydrogen-bond donors (Lipinski definition) is 1. The van der Waals surface area contributed by atoms with Crippen molar-refractivity contribution in [3.63, 3.8) is 0 Å². The summed E-state index contributed by atoms with van der Waals surface area (Å²) >= 11 is 0. The summed E-state index contributed by atoms with van der Waals surface area (Å²) in [6, 6.07) is 2.82. The predicted octanol–water partition coefficient (Wildman–Crippen LogP) is 3.31. The van der Waals surface area contributed by atoms with Crippen LogP contribution >= 0.6 is 0 Å². The molecule has 2 nitrogen and oxygen atoms in total. The van der Waals surface area contributed by atoms with Crippen molar-refractivity contribution in [2.45, 2.75) is 33.2 Å². The van der Waals surface area contributed by atoms with E-state index in [1.54, 1.807) is 11.9 Å². The van der Waals surface area contributed by atoms with Gasteiger partial charge in [-0.1, -0.05) is 13.8 Å². The molecule has 0 saturated heterocycles. The highest BCUT2D eigenvalue weighted by Gasteiger charge is 2.16. The number of halogens is 2. The van der Waals surface area contributed by atoms with Crippen molar-refractivity contribution in [2.24, 2.45) is 0 Å². The number of anilines is 1. The largest absolute Gasteiger partial charge is 0.367 e. The van der Waals surface area contributed by atoms with Gasteiger partial charge in [0.25, 0.3) is 0 Å². The molecule has 0 spiro atoms. The minimum absolute atomic E-state index is 0.110. The molecule has 1 aromatic carbocycles. The predicted molar refractivity (Wildman–Crippen MR) is 71.9 cm³/mol. The summed E-state index contributed by atoms with van der Waals surface area (Å²) in [5.41, 5.74) is 0.739. The third-order valence-corrected chi connectivity index (χ3v) is 2.76. The third kappa shape index (κ3) is 3.67. The van der Waals surface area contributed by atoms with Crippen LogP contribution in [0.5, 0.6) is 0 Å². The fourth-order valence-corrected chi connectivity index (χ4v) is 2.10. The molecule has 0 unspecified atom stereocenters. The van der Waals surface area contributed by atoms with E-state index in [0.29, 0.717) is 25.2 Å². The molecule has 0 heterocycles. The number of rotatable bonds is 7. The Hall–Kier alpha value is -1.16. The molecule has 0 aromatic heterocycles. The van der Waals surface area contributed by atoms with E-state index < -0.39 is 11.6 Å². The van der Waals surface area contributed by atoms with Crippen LogP contribution in [-0.4, -0.2) is 20.1 Å². The van der Waals surface area contributed by atoms with Crippen LogP contribution in [0.4, 0.5) is 14.5 Å². The second-order valence-corrected chi connectivity index (χ2v) is 4.43. The quantitative estimate of drug-likeness (QED) is 0.805. The van der Waals surface area contributed by atoms with Crippen LogP contribution in [-0.2, 0) is 6.54 Å². The van der Waals surface area contributed by atoms with Gasteiger partial charge in [-0.15, -0.1) is 0 Å². The van der Waals surface area contributed by atoms with Crippen molar-refractivity contribution in [1.29, 1.82) is 0 Å².